The van der Waals surface area contributed by atoms with Gasteiger partial charge in [0.1, 0.15) is 17.6 Å². The van der Waals surface area contributed by atoms with Crippen LogP contribution in [0.15, 0.2) is 48.5 Å². The topological polar surface area (TPSA) is 58.6 Å². The number of nitrogens with one attached hydrogen (secondary N) is 1. The highest BCUT2D eigenvalue weighted by atomic mass is 19.1. The van der Waals surface area contributed by atoms with Crippen molar-refractivity contribution >= 4 is 11.8 Å². The van der Waals surface area contributed by atoms with E-state index in [2.05, 4.69) is 5.32 Å². The molecule has 0 aliphatic carbocycles. The number of hydrogen-bond donors (Lipinski definition) is 1. The van der Waals surface area contributed by atoms with Crippen LogP contribution in [0.4, 0.5) is 4.39 Å². The summed E-state index contributed by atoms with van der Waals surface area (Å²) in [5.74, 6) is -0.491. The predicted octanol–water partition coefficient (Wildman–Crippen LogP) is 4.24. The largest absolute Gasteiger partial charge is 0.484 e. The van der Waals surface area contributed by atoms with Gasteiger partial charge in [-0.3, -0.25) is 9.59 Å². The molecule has 30 heavy (non-hydrogen) atoms. The number of benzene rings is 2. The Morgan fingerprint density at radius 1 is 1.07 bits per heavy atom. The van der Waals surface area contributed by atoms with Crippen molar-refractivity contribution in [2.24, 2.45) is 0 Å². The van der Waals surface area contributed by atoms with Crippen LogP contribution < -0.4 is 10.1 Å². The minimum absolute atomic E-state index is 0.202. The molecule has 0 bridgehead atoms. The summed E-state index contributed by atoms with van der Waals surface area (Å²) in [5.41, 5.74) is 1.64. The minimum Gasteiger partial charge on any atom is -0.484 e. The van der Waals surface area contributed by atoms with E-state index >= 15 is 0 Å². The van der Waals surface area contributed by atoms with Crippen LogP contribution >= 0.6 is 0 Å². The molecule has 0 radical (unpaired) electrons. The molecule has 1 N–H and O–H groups in total. The van der Waals surface area contributed by atoms with Crippen LogP contribution in [0.1, 0.15) is 45.2 Å². The van der Waals surface area contributed by atoms with Gasteiger partial charge < -0.3 is 15.0 Å². The summed E-state index contributed by atoms with van der Waals surface area (Å²) in [7, 11) is 0. The number of amides is 2. The zero-order chi connectivity index (χ0) is 22.3. The Morgan fingerprint density at radius 2 is 1.67 bits per heavy atom. The van der Waals surface area contributed by atoms with Crippen molar-refractivity contribution in [3.8, 4) is 5.75 Å². The Morgan fingerprint density at radius 3 is 2.20 bits per heavy atom. The molecule has 6 heteroatoms. The van der Waals surface area contributed by atoms with Crippen molar-refractivity contribution in [1.29, 1.82) is 0 Å². The third-order valence-electron chi connectivity index (χ3n) is 4.53. The lowest BCUT2D eigenvalue weighted by molar-refractivity contribution is -0.143. The highest BCUT2D eigenvalue weighted by Crippen LogP contribution is 2.16. The van der Waals surface area contributed by atoms with Gasteiger partial charge in [-0.05, 0) is 63.9 Å². The van der Waals surface area contributed by atoms with Crippen LogP contribution in [0.5, 0.6) is 5.75 Å². The molecule has 162 valence electrons. The Labute approximate surface area is 178 Å². The van der Waals surface area contributed by atoms with E-state index in [1.54, 1.807) is 4.90 Å². The lowest BCUT2D eigenvalue weighted by Gasteiger charge is -2.33. The number of nitrogens with zero attached hydrogens (tertiary/aromatic N) is 1. The Hall–Kier alpha value is -2.89. The van der Waals surface area contributed by atoms with E-state index in [0.717, 1.165) is 11.1 Å². The van der Waals surface area contributed by atoms with Gasteiger partial charge in [0.15, 0.2) is 6.61 Å². The average molecular weight is 415 g/mol. The summed E-state index contributed by atoms with van der Waals surface area (Å²) in [5, 5.41) is 2.97. The van der Waals surface area contributed by atoms with Crippen LogP contribution in [0.25, 0.3) is 0 Å². The number of rotatable bonds is 8. The smallest absolute Gasteiger partial charge is 0.261 e. The first-order valence-corrected chi connectivity index (χ1v) is 10.1. The fourth-order valence-electron chi connectivity index (χ4n) is 3.02. The maximum Gasteiger partial charge on any atom is 0.261 e. The molecule has 0 spiro atoms. The van der Waals surface area contributed by atoms with E-state index in [0.29, 0.717) is 18.7 Å². The van der Waals surface area contributed by atoms with E-state index in [9.17, 15) is 14.0 Å². The Kier molecular flexibility index (Phi) is 7.98. The van der Waals surface area contributed by atoms with Crippen LogP contribution in [0.3, 0.4) is 0 Å². The standard InChI is InChI=1S/C24H31FN2O3/c1-6-21(23(29)26-24(3,4)5)27(15-18-9-7-17(2)8-10-18)22(28)16-30-20-13-11-19(25)12-14-20/h7-14,21H,6,15-16H2,1-5H3,(H,26,29)/t21-/m1/s1. The second kappa shape index (κ2) is 10.2. The molecule has 5 nitrogen and oxygen atoms in total. The van der Waals surface area contributed by atoms with Gasteiger partial charge in [0, 0.05) is 12.1 Å². The fourth-order valence-corrected chi connectivity index (χ4v) is 3.02. The molecule has 0 saturated carbocycles. The van der Waals surface area contributed by atoms with Crippen molar-refractivity contribution in [3.05, 3.63) is 65.5 Å². The van der Waals surface area contributed by atoms with Gasteiger partial charge in [0.05, 0.1) is 0 Å². The number of ether oxygens (including phenoxy) is 1. The molecule has 0 fully saturated rings. The van der Waals surface area contributed by atoms with Crippen molar-refractivity contribution < 1.29 is 18.7 Å². The lowest BCUT2D eigenvalue weighted by atomic mass is 10.1. The zero-order valence-electron chi connectivity index (χ0n) is 18.4. The van der Waals surface area contributed by atoms with Crippen LogP contribution in [-0.4, -0.2) is 34.9 Å². The Balaban J connectivity index is 2.21. The maximum absolute atomic E-state index is 13.1. The van der Waals surface area contributed by atoms with E-state index in [-0.39, 0.29) is 24.2 Å². The monoisotopic (exact) mass is 414 g/mol. The summed E-state index contributed by atoms with van der Waals surface area (Å²) in [4.78, 5) is 27.5. The van der Waals surface area contributed by atoms with Gasteiger partial charge in [-0.2, -0.15) is 0 Å². The summed E-state index contributed by atoms with van der Waals surface area (Å²) in [6.07, 6.45) is 0.468. The zero-order valence-corrected chi connectivity index (χ0v) is 18.4. The normalized spacial score (nSPS) is 12.2. The molecule has 0 unspecified atom stereocenters. The highest BCUT2D eigenvalue weighted by molar-refractivity contribution is 5.88. The first kappa shape index (κ1) is 23.4. The lowest BCUT2D eigenvalue weighted by Crippen LogP contribution is -2.54. The highest BCUT2D eigenvalue weighted by Gasteiger charge is 2.30. The maximum atomic E-state index is 13.1. The Bertz CT molecular complexity index is 842. The summed E-state index contributed by atoms with van der Waals surface area (Å²) in [6, 6.07) is 12.7. The quantitative estimate of drug-likeness (QED) is 0.703. The summed E-state index contributed by atoms with van der Waals surface area (Å²) < 4.78 is 18.6. The van der Waals surface area contributed by atoms with E-state index in [1.807, 2.05) is 58.9 Å². The molecule has 2 amide bonds. The molecule has 0 aromatic heterocycles. The molecule has 0 saturated heterocycles. The van der Waals surface area contributed by atoms with Gasteiger partial charge >= 0.3 is 0 Å². The van der Waals surface area contributed by atoms with Crippen LogP contribution in [0, 0.1) is 12.7 Å². The first-order valence-electron chi connectivity index (χ1n) is 10.1. The molecule has 0 aliphatic rings. The first-order chi connectivity index (χ1) is 14.1. The van der Waals surface area contributed by atoms with Crippen molar-refractivity contribution in [2.75, 3.05) is 6.61 Å². The van der Waals surface area contributed by atoms with Crippen LogP contribution in [-0.2, 0) is 16.1 Å². The van der Waals surface area contributed by atoms with Crippen molar-refractivity contribution in [1.82, 2.24) is 10.2 Å². The van der Waals surface area contributed by atoms with E-state index in [4.69, 9.17) is 4.74 Å². The number of carbonyl (C=O) groups is 2. The second-order valence-electron chi connectivity index (χ2n) is 8.41. The van der Waals surface area contributed by atoms with Gasteiger partial charge in [0.25, 0.3) is 5.91 Å². The third-order valence-corrected chi connectivity index (χ3v) is 4.53. The molecular formula is C24H31FN2O3. The van der Waals surface area contributed by atoms with Crippen LogP contribution in [0.2, 0.25) is 0 Å². The van der Waals surface area contributed by atoms with Gasteiger partial charge in [0.2, 0.25) is 5.91 Å². The summed E-state index contributed by atoms with van der Waals surface area (Å²) in [6.45, 7) is 9.64. The predicted molar refractivity (Wildman–Crippen MR) is 116 cm³/mol. The SMILES string of the molecule is CC[C@H](C(=O)NC(C)(C)C)N(Cc1ccc(C)cc1)C(=O)COc1ccc(F)cc1. The fraction of sp³-hybridized carbons (Fsp3) is 0.417. The van der Waals surface area contributed by atoms with Gasteiger partial charge in [-0.1, -0.05) is 36.8 Å². The van der Waals surface area contributed by atoms with Crippen molar-refractivity contribution in [2.45, 2.75) is 59.2 Å². The molecular weight excluding hydrogens is 383 g/mol. The number of carbonyl (C=O) groups excluding carboxylic acids is 2. The summed E-state index contributed by atoms with van der Waals surface area (Å²) >= 11 is 0. The number of hydrogen-bond acceptors (Lipinski definition) is 3. The van der Waals surface area contributed by atoms with Gasteiger partial charge in [-0.25, -0.2) is 4.39 Å². The average Bonchev–Trinajstić information content (AvgIpc) is 2.67. The van der Waals surface area contributed by atoms with Crippen molar-refractivity contribution in [3.63, 3.8) is 0 Å². The molecule has 0 aliphatic heterocycles. The number of halogens is 1. The van der Waals surface area contributed by atoms with E-state index < -0.39 is 11.6 Å². The minimum atomic E-state index is -0.630. The second-order valence-corrected chi connectivity index (χ2v) is 8.41. The molecule has 0 heterocycles. The van der Waals surface area contributed by atoms with E-state index in [1.165, 1.54) is 24.3 Å². The third kappa shape index (κ3) is 7.17. The molecule has 2 aromatic rings. The molecule has 1 atom stereocenters. The molecule has 2 aromatic carbocycles. The van der Waals surface area contributed by atoms with Gasteiger partial charge in [-0.15, -0.1) is 0 Å². The number of aryl methyl sites for hydroxylation is 1. The molecule has 2 rings (SSSR count).